The first-order chi connectivity index (χ1) is 13.4. The van der Waals surface area contributed by atoms with Crippen molar-refractivity contribution in [2.75, 3.05) is 26.2 Å². The van der Waals surface area contributed by atoms with Crippen LogP contribution in [0.4, 0.5) is 4.79 Å². The van der Waals surface area contributed by atoms with Gasteiger partial charge in [0.05, 0.1) is 17.7 Å². The predicted molar refractivity (Wildman–Crippen MR) is 104 cm³/mol. The number of hydrogen-bond donors (Lipinski definition) is 1. The van der Waals surface area contributed by atoms with E-state index in [2.05, 4.69) is 5.32 Å². The second kappa shape index (κ2) is 7.33. The van der Waals surface area contributed by atoms with Gasteiger partial charge in [0, 0.05) is 50.3 Å². The Morgan fingerprint density at radius 1 is 1.14 bits per heavy atom. The van der Waals surface area contributed by atoms with Crippen molar-refractivity contribution in [3.63, 3.8) is 0 Å². The average Bonchev–Trinajstić information content (AvgIpc) is 3.36. The number of carbonyl (C=O) groups is 1. The Labute approximate surface area is 163 Å². The van der Waals surface area contributed by atoms with E-state index in [-0.39, 0.29) is 24.0 Å². The molecule has 4 rings (SSSR count). The Kier molecular flexibility index (Phi) is 4.86. The van der Waals surface area contributed by atoms with Gasteiger partial charge in [-0.3, -0.25) is 0 Å². The molecule has 3 heterocycles. The molecule has 1 N–H and O–H groups in total. The quantitative estimate of drug-likeness (QED) is 0.723. The lowest BCUT2D eigenvalue weighted by atomic mass is 10.2. The van der Waals surface area contributed by atoms with Crippen LogP contribution in [0.15, 0.2) is 58.2 Å². The van der Waals surface area contributed by atoms with Crippen molar-refractivity contribution in [1.29, 1.82) is 0 Å². The highest BCUT2D eigenvalue weighted by atomic mass is 32.2. The summed E-state index contributed by atoms with van der Waals surface area (Å²) in [5.74, 6) is 0.672. The molecule has 1 aliphatic heterocycles. The molecule has 1 aromatic carbocycles. The first-order valence-electron chi connectivity index (χ1n) is 9.05. The second-order valence-corrected chi connectivity index (χ2v) is 8.71. The maximum atomic E-state index is 13.0. The van der Waals surface area contributed by atoms with Crippen molar-refractivity contribution in [2.45, 2.75) is 11.4 Å². The number of fused-ring (bicyclic) bond motifs is 1. The molecule has 9 heteroatoms. The van der Waals surface area contributed by atoms with Gasteiger partial charge < -0.3 is 19.2 Å². The molecule has 0 aliphatic carbocycles. The first kappa shape index (κ1) is 18.6. The summed E-state index contributed by atoms with van der Waals surface area (Å²) in [4.78, 5) is 14.2. The van der Waals surface area contributed by atoms with E-state index in [9.17, 15) is 13.2 Å². The number of carbonyl (C=O) groups excluding carboxylic acids is 1. The molecule has 1 fully saturated rings. The molecule has 3 aromatic rings. The van der Waals surface area contributed by atoms with Gasteiger partial charge in [0.15, 0.2) is 0 Å². The summed E-state index contributed by atoms with van der Waals surface area (Å²) in [6.07, 6.45) is 3.46. The van der Waals surface area contributed by atoms with Gasteiger partial charge in [-0.2, -0.15) is 4.31 Å². The number of furan rings is 1. The molecule has 0 saturated carbocycles. The number of benzene rings is 1. The summed E-state index contributed by atoms with van der Waals surface area (Å²) in [6.45, 7) is 1.53. The van der Waals surface area contributed by atoms with Crippen LogP contribution >= 0.6 is 0 Å². The monoisotopic (exact) mass is 402 g/mol. The van der Waals surface area contributed by atoms with Crippen molar-refractivity contribution < 1.29 is 17.6 Å². The largest absolute Gasteiger partial charge is 0.467 e. The van der Waals surface area contributed by atoms with Crippen LogP contribution in [-0.2, 0) is 23.6 Å². The molecule has 1 saturated heterocycles. The fourth-order valence-corrected chi connectivity index (χ4v) is 4.85. The predicted octanol–water partition coefficient (Wildman–Crippen LogP) is 1.99. The lowest BCUT2D eigenvalue weighted by molar-refractivity contribution is 0.171. The Hall–Kier alpha value is -2.78. The Morgan fingerprint density at radius 3 is 2.64 bits per heavy atom. The van der Waals surface area contributed by atoms with Gasteiger partial charge in [0.25, 0.3) is 0 Å². The summed E-state index contributed by atoms with van der Waals surface area (Å²) in [5, 5.41) is 3.67. The maximum absolute atomic E-state index is 13.0. The van der Waals surface area contributed by atoms with Crippen LogP contribution < -0.4 is 5.32 Å². The third-order valence-corrected chi connectivity index (χ3v) is 6.91. The number of amides is 2. The van der Waals surface area contributed by atoms with Crippen LogP contribution in [0, 0.1) is 0 Å². The minimum atomic E-state index is -3.59. The van der Waals surface area contributed by atoms with Gasteiger partial charge in [-0.05, 0) is 36.4 Å². The average molecular weight is 402 g/mol. The number of nitrogens with one attached hydrogen (secondary N) is 1. The second-order valence-electron chi connectivity index (χ2n) is 6.78. The van der Waals surface area contributed by atoms with E-state index in [0.29, 0.717) is 25.4 Å². The molecule has 0 spiro atoms. The van der Waals surface area contributed by atoms with E-state index in [1.165, 1.54) is 4.31 Å². The van der Waals surface area contributed by atoms with Crippen molar-refractivity contribution in [3.05, 3.63) is 54.6 Å². The van der Waals surface area contributed by atoms with Gasteiger partial charge in [-0.15, -0.1) is 0 Å². The summed E-state index contributed by atoms with van der Waals surface area (Å²) in [5.41, 5.74) is 0.983. The Balaban J connectivity index is 1.39. The van der Waals surface area contributed by atoms with Gasteiger partial charge in [-0.1, -0.05) is 0 Å². The molecular weight excluding hydrogens is 380 g/mol. The molecule has 0 unspecified atom stereocenters. The zero-order chi connectivity index (χ0) is 19.7. The van der Waals surface area contributed by atoms with Gasteiger partial charge >= 0.3 is 6.03 Å². The zero-order valence-corrected chi connectivity index (χ0v) is 16.4. The van der Waals surface area contributed by atoms with Crippen molar-refractivity contribution >= 4 is 27.0 Å². The van der Waals surface area contributed by atoms with E-state index >= 15 is 0 Å². The van der Waals surface area contributed by atoms with E-state index in [1.54, 1.807) is 35.4 Å². The number of urea groups is 1. The molecule has 0 bridgehead atoms. The van der Waals surface area contributed by atoms with Crippen LogP contribution in [-0.4, -0.2) is 54.4 Å². The molecule has 1 aliphatic rings. The van der Waals surface area contributed by atoms with E-state index in [4.69, 9.17) is 4.42 Å². The Bertz CT molecular complexity index is 1080. The third-order valence-electron chi connectivity index (χ3n) is 5.01. The summed E-state index contributed by atoms with van der Waals surface area (Å²) < 4.78 is 34.5. The SMILES string of the molecule is Cn1ccc2cc(S(=O)(=O)N3CCN(C(=O)NCc4ccco4)CC3)ccc21. The van der Waals surface area contributed by atoms with Gasteiger partial charge in [0.2, 0.25) is 10.0 Å². The lowest BCUT2D eigenvalue weighted by Gasteiger charge is -2.33. The number of aryl methyl sites for hydroxylation is 1. The van der Waals surface area contributed by atoms with Crippen LogP contribution in [0.3, 0.4) is 0 Å². The van der Waals surface area contributed by atoms with E-state index in [1.807, 2.05) is 29.9 Å². The summed E-state index contributed by atoms with van der Waals surface area (Å²) >= 11 is 0. The minimum absolute atomic E-state index is 0.223. The molecule has 28 heavy (non-hydrogen) atoms. The van der Waals surface area contributed by atoms with Crippen LogP contribution in [0.2, 0.25) is 0 Å². The molecule has 0 atom stereocenters. The maximum Gasteiger partial charge on any atom is 0.317 e. The van der Waals surface area contributed by atoms with Crippen molar-refractivity contribution in [2.24, 2.45) is 7.05 Å². The highest BCUT2D eigenvalue weighted by Crippen LogP contribution is 2.23. The number of piperazine rings is 1. The van der Waals surface area contributed by atoms with E-state index in [0.717, 1.165) is 10.9 Å². The molecular formula is C19H22N4O4S. The molecule has 8 nitrogen and oxygen atoms in total. The van der Waals surface area contributed by atoms with Crippen LogP contribution in [0.1, 0.15) is 5.76 Å². The third kappa shape index (κ3) is 3.50. The smallest absolute Gasteiger partial charge is 0.317 e. The highest BCUT2D eigenvalue weighted by Gasteiger charge is 2.30. The molecule has 2 amide bonds. The van der Waals surface area contributed by atoms with E-state index < -0.39 is 10.0 Å². The normalized spacial score (nSPS) is 15.8. The number of aromatic nitrogens is 1. The Morgan fingerprint density at radius 2 is 1.93 bits per heavy atom. The number of hydrogen-bond acceptors (Lipinski definition) is 4. The van der Waals surface area contributed by atoms with Gasteiger partial charge in [0.1, 0.15) is 5.76 Å². The number of sulfonamides is 1. The highest BCUT2D eigenvalue weighted by molar-refractivity contribution is 7.89. The lowest BCUT2D eigenvalue weighted by Crippen LogP contribution is -2.52. The fourth-order valence-electron chi connectivity index (χ4n) is 3.39. The topological polar surface area (TPSA) is 87.8 Å². The fraction of sp³-hybridized carbons (Fsp3) is 0.316. The van der Waals surface area contributed by atoms with Crippen molar-refractivity contribution in [3.8, 4) is 0 Å². The molecule has 0 radical (unpaired) electrons. The molecule has 148 valence electrons. The minimum Gasteiger partial charge on any atom is -0.467 e. The standard InChI is InChI=1S/C19H22N4O4S/c1-21-7-6-15-13-17(4-5-18(15)21)28(25,26)23-10-8-22(9-11-23)19(24)20-14-16-3-2-12-27-16/h2-7,12-13H,8-11,14H2,1H3,(H,20,24). The van der Waals surface area contributed by atoms with Crippen LogP contribution in [0.25, 0.3) is 10.9 Å². The number of nitrogens with zero attached hydrogens (tertiary/aromatic N) is 3. The number of rotatable bonds is 4. The van der Waals surface area contributed by atoms with Crippen molar-refractivity contribution in [1.82, 2.24) is 19.1 Å². The first-order valence-corrected chi connectivity index (χ1v) is 10.5. The summed E-state index contributed by atoms with van der Waals surface area (Å²) in [7, 11) is -1.67. The van der Waals surface area contributed by atoms with Crippen LogP contribution in [0.5, 0.6) is 0 Å². The van der Waals surface area contributed by atoms with Gasteiger partial charge in [-0.25, -0.2) is 13.2 Å². The zero-order valence-electron chi connectivity index (χ0n) is 15.5. The molecule has 2 aromatic heterocycles. The summed E-state index contributed by atoms with van der Waals surface area (Å²) in [6, 6.07) is 10.4.